The molecule has 2 amide bonds. The van der Waals surface area contributed by atoms with E-state index < -0.39 is 11.6 Å². The summed E-state index contributed by atoms with van der Waals surface area (Å²) in [5, 5.41) is 5.83. The SMILES string of the molecule is C[C@@H]1OCC[C@@H]1NC(=O)NC[C@H]1CCN(c2ccc(F)c(F)c2)C1. The zero-order chi connectivity index (χ0) is 17.1. The van der Waals surface area contributed by atoms with Crippen molar-refractivity contribution in [3.63, 3.8) is 0 Å². The summed E-state index contributed by atoms with van der Waals surface area (Å²) in [6.45, 7) is 4.68. The third kappa shape index (κ3) is 3.95. The zero-order valence-electron chi connectivity index (χ0n) is 13.7. The van der Waals surface area contributed by atoms with Crippen LogP contribution < -0.4 is 15.5 Å². The highest BCUT2D eigenvalue weighted by Gasteiger charge is 2.27. The lowest BCUT2D eigenvalue weighted by Gasteiger charge is -2.20. The van der Waals surface area contributed by atoms with Crippen LogP contribution in [-0.4, -0.2) is 44.4 Å². The lowest BCUT2D eigenvalue weighted by atomic mass is 10.1. The van der Waals surface area contributed by atoms with Gasteiger partial charge in [-0.15, -0.1) is 0 Å². The van der Waals surface area contributed by atoms with Gasteiger partial charge in [0.2, 0.25) is 0 Å². The van der Waals surface area contributed by atoms with Crippen LogP contribution in [0.5, 0.6) is 0 Å². The van der Waals surface area contributed by atoms with E-state index in [2.05, 4.69) is 10.6 Å². The minimum absolute atomic E-state index is 0.0473. The summed E-state index contributed by atoms with van der Waals surface area (Å²) < 4.78 is 31.8. The van der Waals surface area contributed by atoms with Gasteiger partial charge < -0.3 is 20.3 Å². The number of amides is 2. The second-order valence-corrected chi connectivity index (χ2v) is 6.52. The molecule has 0 aliphatic carbocycles. The fourth-order valence-electron chi connectivity index (χ4n) is 3.29. The van der Waals surface area contributed by atoms with E-state index in [1.165, 1.54) is 6.07 Å². The molecule has 3 atom stereocenters. The highest BCUT2D eigenvalue weighted by molar-refractivity contribution is 5.74. The Balaban J connectivity index is 1.44. The lowest BCUT2D eigenvalue weighted by molar-refractivity contribution is 0.114. The molecule has 0 aromatic heterocycles. The number of benzene rings is 1. The maximum absolute atomic E-state index is 13.3. The summed E-state index contributed by atoms with van der Waals surface area (Å²) in [5.74, 6) is -1.37. The van der Waals surface area contributed by atoms with Crippen molar-refractivity contribution in [1.82, 2.24) is 10.6 Å². The minimum Gasteiger partial charge on any atom is -0.376 e. The topological polar surface area (TPSA) is 53.6 Å². The number of nitrogens with one attached hydrogen (secondary N) is 2. The maximum atomic E-state index is 13.3. The number of nitrogens with zero attached hydrogens (tertiary/aromatic N) is 1. The summed E-state index contributed by atoms with van der Waals surface area (Å²) in [7, 11) is 0. The molecule has 1 aromatic rings. The molecule has 2 fully saturated rings. The quantitative estimate of drug-likeness (QED) is 0.885. The number of carbonyl (C=O) groups excluding carboxylic acids is 1. The fourth-order valence-corrected chi connectivity index (χ4v) is 3.29. The summed E-state index contributed by atoms with van der Waals surface area (Å²) in [6.07, 6.45) is 1.79. The number of rotatable bonds is 4. The lowest BCUT2D eigenvalue weighted by Crippen LogP contribution is -2.46. The minimum atomic E-state index is -0.835. The fraction of sp³-hybridized carbons (Fsp3) is 0.588. The van der Waals surface area contributed by atoms with Gasteiger partial charge in [0, 0.05) is 38.0 Å². The van der Waals surface area contributed by atoms with Crippen molar-refractivity contribution >= 4 is 11.7 Å². The summed E-state index contributed by atoms with van der Waals surface area (Å²) in [6, 6.07) is 3.84. The molecule has 24 heavy (non-hydrogen) atoms. The molecule has 0 radical (unpaired) electrons. The molecular formula is C17H23F2N3O2. The Hall–Kier alpha value is -1.89. The summed E-state index contributed by atoms with van der Waals surface area (Å²) in [4.78, 5) is 14.0. The maximum Gasteiger partial charge on any atom is 0.315 e. The van der Waals surface area contributed by atoms with Gasteiger partial charge in [-0.1, -0.05) is 0 Å². The van der Waals surface area contributed by atoms with E-state index in [-0.39, 0.29) is 18.2 Å². The molecule has 1 aromatic carbocycles. The van der Waals surface area contributed by atoms with Crippen molar-refractivity contribution < 1.29 is 18.3 Å². The number of hydrogen-bond acceptors (Lipinski definition) is 3. The first-order valence-corrected chi connectivity index (χ1v) is 8.39. The van der Waals surface area contributed by atoms with Gasteiger partial charge in [0.25, 0.3) is 0 Å². The Morgan fingerprint density at radius 2 is 2.17 bits per heavy atom. The highest BCUT2D eigenvalue weighted by Crippen LogP contribution is 2.25. The number of urea groups is 1. The van der Waals surface area contributed by atoms with E-state index in [4.69, 9.17) is 4.74 Å². The summed E-state index contributed by atoms with van der Waals surface area (Å²) >= 11 is 0. The zero-order valence-corrected chi connectivity index (χ0v) is 13.7. The predicted molar refractivity (Wildman–Crippen MR) is 87.0 cm³/mol. The van der Waals surface area contributed by atoms with Crippen molar-refractivity contribution in [1.29, 1.82) is 0 Å². The van der Waals surface area contributed by atoms with Crippen LogP contribution in [-0.2, 0) is 4.74 Å². The molecule has 0 unspecified atom stereocenters. The van der Waals surface area contributed by atoms with Gasteiger partial charge >= 0.3 is 6.03 Å². The first kappa shape index (κ1) is 17.0. The molecule has 0 bridgehead atoms. The van der Waals surface area contributed by atoms with Crippen LogP contribution in [0, 0.1) is 17.6 Å². The van der Waals surface area contributed by atoms with E-state index in [0.29, 0.717) is 31.3 Å². The highest BCUT2D eigenvalue weighted by atomic mass is 19.2. The molecule has 0 spiro atoms. The average Bonchev–Trinajstić information content (AvgIpc) is 3.18. The first-order valence-electron chi connectivity index (χ1n) is 8.39. The van der Waals surface area contributed by atoms with Gasteiger partial charge in [-0.05, 0) is 37.8 Å². The van der Waals surface area contributed by atoms with Crippen molar-refractivity contribution in [2.45, 2.75) is 31.9 Å². The molecule has 2 aliphatic rings. The van der Waals surface area contributed by atoms with Crippen LogP contribution in [0.3, 0.4) is 0 Å². The largest absolute Gasteiger partial charge is 0.376 e. The van der Waals surface area contributed by atoms with Crippen LogP contribution in [0.1, 0.15) is 19.8 Å². The Morgan fingerprint density at radius 3 is 2.88 bits per heavy atom. The molecule has 2 saturated heterocycles. The first-order chi connectivity index (χ1) is 11.5. The van der Waals surface area contributed by atoms with Crippen molar-refractivity contribution in [3.05, 3.63) is 29.8 Å². The standard InChI is InChI=1S/C17H23F2N3O2/c1-11-16(5-7-24-11)21-17(23)20-9-12-4-6-22(10-12)13-2-3-14(18)15(19)8-13/h2-3,8,11-12,16H,4-7,9-10H2,1H3,(H2,20,21,23)/t11-,12+,16-/m0/s1. The van der Waals surface area contributed by atoms with Crippen LogP contribution in [0.25, 0.3) is 0 Å². The third-order valence-corrected chi connectivity index (χ3v) is 4.80. The van der Waals surface area contributed by atoms with Gasteiger partial charge in [-0.2, -0.15) is 0 Å². The van der Waals surface area contributed by atoms with E-state index in [9.17, 15) is 13.6 Å². The van der Waals surface area contributed by atoms with Crippen molar-refractivity contribution in [3.8, 4) is 0 Å². The predicted octanol–water partition coefficient (Wildman–Crippen LogP) is 2.27. The third-order valence-electron chi connectivity index (χ3n) is 4.80. The summed E-state index contributed by atoms with van der Waals surface area (Å²) in [5.41, 5.74) is 0.679. The Kier molecular flexibility index (Phi) is 5.18. The van der Waals surface area contributed by atoms with Gasteiger partial charge in [0.15, 0.2) is 11.6 Å². The number of ether oxygens (including phenoxy) is 1. The van der Waals surface area contributed by atoms with Gasteiger partial charge in [-0.3, -0.25) is 0 Å². The van der Waals surface area contributed by atoms with Gasteiger partial charge in [0.05, 0.1) is 12.1 Å². The molecule has 2 N–H and O–H groups in total. The molecule has 3 rings (SSSR count). The second kappa shape index (κ2) is 7.34. The van der Waals surface area contributed by atoms with E-state index >= 15 is 0 Å². The van der Waals surface area contributed by atoms with Crippen molar-refractivity contribution in [2.24, 2.45) is 5.92 Å². The smallest absolute Gasteiger partial charge is 0.315 e. The van der Waals surface area contributed by atoms with E-state index in [1.54, 1.807) is 6.07 Å². The molecule has 0 saturated carbocycles. The van der Waals surface area contributed by atoms with Crippen LogP contribution in [0.2, 0.25) is 0 Å². The van der Waals surface area contributed by atoms with Crippen LogP contribution >= 0.6 is 0 Å². The monoisotopic (exact) mass is 339 g/mol. The number of carbonyl (C=O) groups is 1. The Labute approximate surface area is 140 Å². The normalized spacial score (nSPS) is 26.6. The number of halogens is 2. The van der Waals surface area contributed by atoms with Crippen LogP contribution in [0.15, 0.2) is 18.2 Å². The molecule has 2 aliphatic heterocycles. The van der Waals surface area contributed by atoms with Crippen LogP contribution in [0.4, 0.5) is 19.3 Å². The molecule has 2 heterocycles. The Bertz CT molecular complexity index is 599. The van der Waals surface area contributed by atoms with Gasteiger partial charge in [-0.25, -0.2) is 13.6 Å². The Morgan fingerprint density at radius 1 is 1.33 bits per heavy atom. The van der Waals surface area contributed by atoms with E-state index in [0.717, 1.165) is 25.5 Å². The molecule has 7 heteroatoms. The molecule has 132 valence electrons. The van der Waals surface area contributed by atoms with E-state index in [1.807, 2.05) is 11.8 Å². The van der Waals surface area contributed by atoms with Crippen molar-refractivity contribution in [2.75, 3.05) is 31.1 Å². The average molecular weight is 339 g/mol. The number of anilines is 1. The second-order valence-electron chi connectivity index (χ2n) is 6.52. The van der Waals surface area contributed by atoms with Gasteiger partial charge in [0.1, 0.15) is 0 Å². The molecular weight excluding hydrogens is 316 g/mol. The molecule has 5 nitrogen and oxygen atoms in total. The number of hydrogen-bond donors (Lipinski definition) is 2.